The Morgan fingerprint density at radius 1 is 0.786 bits per heavy atom. The summed E-state index contributed by atoms with van der Waals surface area (Å²) in [7, 11) is 0. The molecule has 0 radical (unpaired) electrons. The molecule has 7 atom stereocenters. The molecule has 5 fully saturated rings. The van der Waals surface area contributed by atoms with E-state index in [4.69, 9.17) is 23.7 Å². The average molecular weight is 395 g/mol. The maximum atomic E-state index is 11.7. The molecule has 5 rings (SSSR count). The van der Waals surface area contributed by atoms with E-state index in [-0.39, 0.29) is 29.9 Å². The summed E-state index contributed by atoms with van der Waals surface area (Å²) in [5, 5.41) is 0. The fourth-order valence-electron chi connectivity index (χ4n) is 6.24. The zero-order valence-corrected chi connectivity index (χ0v) is 17.8. The molecule has 5 aliphatic rings. The zero-order chi connectivity index (χ0) is 20.0. The number of carbonyl (C=O) groups is 1. The first-order valence-electron chi connectivity index (χ1n) is 10.9. The van der Waals surface area contributed by atoms with Crippen molar-refractivity contribution in [2.75, 3.05) is 0 Å². The third kappa shape index (κ3) is 2.57. The zero-order valence-electron chi connectivity index (χ0n) is 17.8. The molecule has 6 nitrogen and oxygen atoms in total. The summed E-state index contributed by atoms with van der Waals surface area (Å²) in [4.78, 5) is 11.7. The Morgan fingerprint density at radius 2 is 1.50 bits per heavy atom. The third-order valence-corrected chi connectivity index (χ3v) is 8.20. The number of rotatable bonds is 2. The second-order valence-electron chi connectivity index (χ2n) is 10.7. The lowest BCUT2D eigenvalue weighted by molar-refractivity contribution is -0.407. The average Bonchev–Trinajstić information content (AvgIpc) is 3.34. The van der Waals surface area contributed by atoms with E-state index in [1.54, 1.807) is 0 Å². The van der Waals surface area contributed by atoms with E-state index in [0.29, 0.717) is 6.42 Å². The highest BCUT2D eigenvalue weighted by atomic mass is 16.8. The molecule has 5 heterocycles. The van der Waals surface area contributed by atoms with Crippen LogP contribution in [0.4, 0.5) is 0 Å². The van der Waals surface area contributed by atoms with E-state index in [1.807, 2.05) is 6.92 Å². The van der Waals surface area contributed by atoms with Crippen LogP contribution >= 0.6 is 0 Å². The van der Waals surface area contributed by atoms with Crippen molar-refractivity contribution in [2.45, 2.75) is 132 Å². The second-order valence-corrected chi connectivity index (χ2v) is 10.7. The van der Waals surface area contributed by atoms with Crippen LogP contribution in [-0.4, -0.2) is 52.5 Å². The van der Waals surface area contributed by atoms with E-state index in [2.05, 4.69) is 27.7 Å². The van der Waals surface area contributed by atoms with Gasteiger partial charge in [-0.05, 0) is 73.1 Å². The van der Waals surface area contributed by atoms with Crippen LogP contribution < -0.4 is 0 Å². The number of carbonyl (C=O) groups excluding carboxylic acids is 1. The Kier molecular flexibility index (Phi) is 3.94. The van der Waals surface area contributed by atoms with Crippen LogP contribution in [0.1, 0.15) is 86.0 Å². The standard InChI is InChI=1S/C22H34O6/c1-18(2)14-8-11-21(5,25-14)22(27-18)13-12-20(4,28-22)16-7-6-15(24-16)19(3)10-9-17(23)26-19/h14-16H,6-13H2,1-5H3/t14-,15-,16+,19-,20+,21+,22+/m0/s1. The van der Waals surface area contributed by atoms with E-state index < -0.39 is 22.6 Å². The van der Waals surface area contributed by atoms with Crippen molar-refractivity contribution in [3.05, 3.63) is 0 Å². The molecule has 0 N–H and O–H groups in total. The van der Waals surface area contributed by atoms with E-state index in [1.165, 1.54) is 0 Å². The number of fused-ring (bicyclic) bond motifs is 3. The summed E-state index contributed by atoms with van der Waals surface area (Å²) in [6.45, 7) is 10.5. The maximum Gasteiger partial charge on any atom is 0.306 e. The van der Waals surface area contributed by atoms with Gasteiger partial charge < -0.3 is 23.7 Å². The molecule has 0 amide bonds. The van der Waals surface area contributed by atoms with Crippen LogP contribution in [0.25, 0.3) is 0 Å². The molecule has 6 heteroatoms. The van der Waals surface area contributed by atoms with E-state index in [0.717, 1.165) is 44.9 Å². The van der Waals surface area contributed by atoms with Crippen molar-refractivity contribution >= 4 is 5.97 Å². The van der Waals surface area contributed by atoms with Gasteiger partial charge in [-0.1, -0.05) is 0 Å². The molecule has 0 aromatic heterocycles. The second kappa shape index (κ2) is 5.71. The molecular formula is C22H34O6. The van der Waals surface area contributed by atoms with Gasteiger partial charge in [-0.2, -0.15) is 0 Å². The van der Waals surface area contributed by atoms with Crippen molar-refractivity contribution in [1.82, 2.24) is 0 Å². The van der Waals surface area contributed by atoms with E-state index in [9.17, 15) is 4.79 Å². The van der Waals surface area contributed by atoms with Gasteiger partial charge in [0.05, 0.1) is 29.5 Å². The SMILES string of the molecule is CC1(C)O[C@@]2(CC[C@](C)([C@H]3CC[C@@H]([C@]4(C)CCC(=O)O4)O3)O2)[C@@]2(C)CC[C@@H]1O2. The lowest BCUT2D eigenvalue weighted by Crippen LogP contribution is -2.64. The largest absolute Gasteiger partial charge is 0.457 e. The Bertz CT molecular complexity index is 693. The number of esters is 1. The monoisotopic (exact) mass is 394 g/mol. The number of hydrogen-bond donors (Lipinski definition) is 0. The van der Waals surface area contributed by atoms with Crippen LogP contribution in [0.3, 0.4) is 0 Å². The number of ether oxygens (including phenoxy) is 5. The Morgan fingerprint density at radius 3 is 2.18 bits per heavy atom. The quantitative estimate of drug-likeness (QED) is 0.667. The van der Waals surface area contributed by atoms with Crippen LogP contribution in [-0.2, 0) is 28.5 Å². The van der Waals surface area contributed by atoms with Crippen LogP contribution in [0.5, 0.6) is 0 Å². The molecule has 28 heavy (non-hydrogen) atoms. The van der Waals surface area contributed by atoms with Gasteiger partial charge >= 0.3 is 5.97 Å². The van der Waals surface area contributed by atoms with Gasteiger partial charge in [-0.25, -0.2) is 0 Å². The lowest BCUT2D eigenvalue weighted by Gasteiger charge is -2.53. The Hall–Kier alpha value is -0.690. The van der Waals surface area contributed by atoms with Gasteiger partial charge in [-0.15, -0.1) is 0 Å². The smallest absolute Gasteiger partial charge is 0.306 e. The normalized spacial score (nSPS) is 55.2. The van der Waals surface area contributed by atoms with Crippen molar-refractivity contribution < 1.29 is 28.5 Å². The minimum absolute atomic E-state index is 0.0255. The number of cyclic esters (lactones) is 1. The third-order valence-electron chi connectivity index (χ3n) is 8.20. The highest BCUT2D eigenvalue weighted by Gasteiger charge is 2.69. The first kappa shape index (κ1) is 19.3. The van der Waals surface area contributed by atoms with Crippen molar-refractivity contribution in [3.63, 3.8) is 0 Å². The topological polar surface area (TPSA) is 63.2 Å². The highest BCUT2D eigenvalue weighted by molar-refractivity contribution is 5.72. The van der Waals surface area contributed by atoms with Crippen LogP contribution in [0, 0.1) is 0 Å². The van der Waals surface area contributed by atoms with Gasteiger partial charge in [0.15, 0.2) is 5.79 Å². The van der Waals surface area contributed by atoms with Crippen molar-refractivity contribution in [2.24, 2.45) is 0 Å². The fourth-order valence-corrected chi connectivity index (χ4v) is 6.24. The molecule has 0 saturated carbocycles. The first-order chi connectivity index (χ1) is 13.0. The summed E-state index contributed by atoms with van der Waals surface area (Å²) < 4.78 is 32.1. The molecular weight excluding hydrogens is 360 g/mol. The molecule has 0 aromatic carbocycles. The molecule has 1 spiro atoms. The van der Waals surface area contributed by atoms with Crippen LogP contribution in [0.2, 0.25) is 0 Å². The molecule has 158 valence electrons. The Labute approximate surface area is 167 Å². The van der Waals surface area contributed by atoms with Gasteiger partial charge in [0.1, 0.15) is 11.2 Å². The van der Waals surface area contributed by atoms with Gasteiger partial charge in [-0.3, -0.25) is 4.79 Å². The minimum atomic E-state index is -0.719. The van der Waals surface area contributed by atoms with Gasteiger partial charge in [0.2, 0.25) is 0 Å². The van der Waals surface area contributed by atoms with E-state index >= 15 is 0 Å². The molecule has 0 aliphatic carbocycles. The highest BCUT2D eigenvalue weighted by Crippen LogP contribution is 2.59. The molecule has 2 bridgehead atoms. The summed E-state index contributed by atoms with van der Waals surface area (Å²) in [6.07, 6.45) is 6.71. The fraction of sp³-hybridized carbons (Fsp3) is 0.955. The van der Waals surface area contributed by atoms with Crippen molar-refractivity contribution in [3.8, 4) is 0 Å². The molecule has 0 aromatic rings. The summed E-state index contributed by atoms with van der Waals surface area (Å²) >= 11 is 0. The number of hydrogen-bond acceptors (Lipinski definition) is 6. The molecule has 5 aliphatic heterocycles. The summed E-state index contributed by atoms with van der Waals surface area (Å²) in [5.74, 6) is -0.834. The summed E-state index contributed by atoms with van der Waals surface area (Å²) in [6, 6.07) is 0. The first-order valence-corrected chi connectivity index (χ1v) is 10.9. The lowest BCUT2D eigenvalue weighted by atomic mass is 9.87. The minimum Gasteiger partial charge on any atom is -0.457 e. The Balaban J connectivity index is 1.34. The predicted octanol–water partition coefficient (Wildman–Crippen LogP) is 3.64. The maximum absolute atomic E-state index is 11.7. The van der Waals surface area contributed by atoms with Gasteiger partial charge in [0, 0.05) is 12.8 Å². The molecule has 5 saturated heterocycles. The van der Waals surface area contributed by atoms with Crippen molar-refractivity contribution in [1.29, 1.82) is 0 Å². The van der Waals surface area contributed by atoms with Gasteiger partial charge in [0.25, 0.3) is 0 Å². The summed E-state index contributed by atoms with van der Waals surface area (Å²) in [5.41, 5.74) is -1.69. The predicted molar refractivity (Wildman–Crippen MR) is 101 cm³/mol. The van der Waals surface area contributed by atoms with Crippen LogP contribution in [0.15, 0.2) is 0 Å². The molecule has 0 unspecified atom stereocenters.